The summed E-state index contributed by atoms with van der Waals surface area (Å²) in [6, 6.07) is 5.13. The molecule has 21 heavy (non-hydrogen) atoms. The van der Waals surface area contributed by atoms with Crippen molar-refractivity contribution < 1.29 is 8.42 Å². The lowest BCUT2D eigenvalue weighted by Gasteiger charge is -2.24. The van der Waals surface area contributed by atoms with Crippen molar-refractivity contribution in [3.63, 3.8) is 0 Å². The Morgan fingerprint density at radius 3 is 2.67 bits per heavy atom. The number of nitrogens with zero attached hydrogens (tertiary/aromatic N) is 1. The van der Waals surface area contributed by atoms with Crippen LogP contribution in [0.25, 0.3) is 0 Å². The molecule has 5 nitrogen and oxygen atoms in total. The van der Waals surface area contributed by atoms with Crippen molar-refractivity contribution in [2.24, 2.45) is 5.73 Å². The smallest absolute Gasteiger partial charge is 0.241 e. The highest BCUT2D eigenvalue weighted by Crippen LogP contribution is 2.26. The zero-order chi connectivity index (χ0) is 15.7. The molecule has 1 aromatic carbocycles. The van der Waals surface area contributed by atoms with Crippen LogP contribution in [-0.4, -0.2) is 13.4 Å². The average Bonchev–Trinajstić information content (AvgIpc) is 2.92. The molecule has 7 heteroatoms. The Morgan fingerprint density at radius 1 is 1.38 bits per heavy atom. The number of aromatic nitrogens is 1. The van der Waals surface area contributed by atoms with Gasteiger partial charge in [-0.05, 0) is 38.0 Å². The minimum Gasteiger partial charge on any atom is -0.326 e. The SMILES string of the molecule is Cc1c(CN)cccc1S(=O)(=O)NC(C)(C)c1nccs1. The summed E-state index contributed by atoms with van der Waals surface area (Å²) in [5.41, 5.74) is 6.38. The summed E-state index contributed by atoms with van der Waals surface area (Å²) in [6.45, 7) is 5.68. The Balaban J connectivity index is 2.40. The van der Waals surface area contributed by atoms with Gasteiger partial charge in [-0.2, -0.15) is 4.72 Å². The Hall–Kier alpha value is -1.28. The Bertz CT molecular complexity index is 723. The van der Waals surface area contributed by atoms with Crippen LogP contribution in [0.5, 0.6) is 0 Å². The van der Waals surface area contributed by atoms with E-state index in [0.29, 0.717) is 12.1 Å². The molecular formula is C14H19N3O2S2. The maximum absolute atomic E-state index is 12.7. The first-order chi connectivity index (χ1) is 9.78. The molecule has 114 valence electrons. The van der Waals surface area contributed by atoms with Gasteiger partial charge in [-0.25, -0.2) is 13.4 Å². The van der Waals surface area contributed by atoms with Crippen LogP contribution < -0.4 is 10.5 Å². The normalized spacial score (nSPS) is 12.6. The van der Waals surface area contributed by atoms with E-state index < -0.39 is 15.6 Å². The second-order valence-electron chi connectivity index (χ2n) is 5.31. The van der Waals surface area contributed by atoms with Gasteiger partial charge in [0.15, 0.2) is 0 Å². The molecule has 1 aromatic heterocycles. The molecule has 0 unspecified atom stereocenters. The summed E-state index contributed by atoms with van der Waals surface area (Å²) in [4.78, 5) is 4.45. The Labute approximate surface area is 129 Å². The fourth-order valence-electron chi connectivity index (χ4n) is 2.14. The minimum atomic E-state index is -3.65. The van der Waals surface area contributed by atoms with Gasteiger partial charge < -0.3 is 5.73 Å². The fourth-order valence-corrected chi connectivity index (χ4v) is 4.59. The van der Waals surface area contributed by atoms with Crippen molar-refractivity contribution in [1.82, 2.24) is 9.71 Å². The molecule has 2 aromatic rings. The van der Waals surface area contributed by atoms with Crippen LogP contribution in [0, 0.1) is 6.92 Å². The number of hydrogen-bond acceptors (Lipinski definition) is 5. The lowest BCUT2D eigenvalue weighted by molar-refractivity contribution is 0.469. The monoisotopic (exact) mass is 325 g/mol. The first kappa shape index (κ1) is 16.1. The van der Waals surface area contributed by atoms with Crippen molar-refractivity contribution in [2.75, 3.05) is 0 Å². The second-order valence-corrected chi connectivity index (χ2v) is 7.86. The first-order valence-corrected chi connectivity index (χ1v) is 8.87. The third-order valence-electron chi connectivity index (χ3n) is 3.26. The molecule has 0 amide bonds. The van der Waals surface area contributed by atoms with Crippen LogP contribution in [0.2, 0.25) is 0 Å². The van der Waals surface area contributed by atoms with Crippen molar-refractivity contribution in [3.05, 3.63) is 45.9 Å². The van der Waals surface area contributed by atoms with E-state index in [0.717, 1.165) is 10.6 Å². The lowest BCUT2D eigenvalue weighted by atomic mass is 10.1. The van der Waals surface area contributed by atoms with Gasteiger partial charge in [0, 0.05) is 18.1 Å². The quantitative estimate of drug-likeness (QED) is 0.882. The molecule has 0 fully saturated rings. The van der Waals surface area contributed by atoms with Crippen molar-refractivity contribution in [1.29, 1.82) is 0 Å². The zero-order valence-corrected chi connectivity index (χ0v) is 13.9. The van der Waals surface area contributed by atoms with Crippen LogP contribution in [0.15, 0.2) is 34.7 Å². The van der Waals surface area contributed by atoms with E-state index in [1.54, 1.807) is 39.1 Å². The van der Waals surface area contributed by atoms with Gasteiger partial charge in [-0.3, -0.25) is 0 Å². The van der Waals surface area contributed by atoms with E-state index in [4.69, 9.17) is 5.73 Å². The largest absolute Gasteiger partial charge is 0.326 e. The molecular weight excluding hydrogens is 306 g/mol. The van der Waals surface area contributed by atoms with E-state index >= 15 is 0 Å². The maximum atomic E-state index is 12.7. The number of thiazole rings is 1. The molecule has 0 aliphatic heterocycles. The summed E-state index contributed by atoms with van der Waals surface area (Å²) < 4.78 is 28.0. The molecule has 0 saturated heterocycles. The van der Waals surface area contributed by atoms with Crippen LogP contribution in [0.4, 0.5) is 0 Å². The summed E-state index contributed by atoms with van der Waals surface area (Å²) in [6.07, 6.45) is 1.66. The minimum absolute atomic E-state index is 0.259. The topological polar surface area (TPSA) is 85.1 Å². The summed E-state index contributed by atoms with van der Waals surface area (Å²) in [5, 5.41) is 2.55. The molecule has 0 bridgehead atoms. The van der Waals surface area contributed by atoms with Crippen molar-refractivity contribution in [3.8, 4) is 0 Å². The van der Waals surface area contributed by atoms with Gasteiger partial charge in [-0.15, -0.1) is 11.3 Å². The fraction of sp³-hybridized carbons (Fsp3) is 0.357. The van der Waals surface area contributed by atoms with E-state index in [1.807, 2.05) is 11.4 Å². The number of benzene rings is 1. The second kappa shape index (κ2) is 5.84. The molecule has 3 N–H and O–H groups in total. The average molecular weight is 325 g/mol. The Morgan fingerprint density at radius 2 is 2.10 bits per heavy atom. The van der Waals surface area contributed by atoms with Gasteiger partial charge in [0.25, 0.3) is 0 Å². The lowest BCUT2D eigenvalue weighted by Crippen LogP contribution is -2.41. The number of hydrogen-bond donors (Lipinski definition) is 2. The van der Waals surface area contributed by atoms with E-state index in [2.05, 4.69) is 9.71 Å². The van der Waals surface area contributed by atoms with Crippen molar-refractivity contribution >= 4 is 21.4 Å². The van der Waals surface area contributed by atoms with Gasteiger partial charge in [-0.1, -0.05) is 12.1 Å². The molecule has 2 rings (SSSR count). The van der Waals surface area contributed by atoms with Gasteiger partial charge in [0.2, 0.25) is 10.0 Å². The highest BCUT2D eigenvalue weighted by molar-refractivity contribution is 7.89. The highest BCUT2D eigenvalue weighted by Gasteiger charge is 2.31. The molecule has 1 heterocycles. The van der Waals surface area contributed by atoms with E-state index in [-0.39, 0.29) is 4.90 Å². The van der Waals surface area contributed by atoms with Crippen LogP contribution >= 0.6 is 11.3 Å². The summed E-state index contributed by atoms with van der Waals surface area (Å²) >= 11 is 1.42. The van der Waals surface area contributed by atoms with Gasteiger partial charge >= 0.3 is 0 Å². The molecule has 0 spiro atoms. The molecule has 0 radical (unpaired) electrons. The predicted octanol–water partition coefficient (Wildman–Crippen LogP) is 2.12. The summed E-state index contributed by atoms with van der Waals surface area (Å²) in [7, 11) is -3.65. The number of nitrogens with two attached hydrogens (primary N) is 1. The number of sulfonamides is 1. The molecule has 0 aliphatic rings. The Kier molecular flexibility index (Phi) is 4.48. The third-order valence-corrected chi connectivity index (χ3v) is 6.16. The molecule has 0 saturated carbocycles. The number of rotatable bonds is 5. The van der Waals surface area contributed by atoms with Gasteiger partial charge in [0.05, 0.1) is 10.4 Å². The van der Waals surface area contributed by atoms with Gasteiger partial charge in [0.1, 0.15) is 5.01 Å². The zero-order valence-electron chi connectivity index (χ0n) is 12.3. The predicted molar refractivity (Wildman–Crippen MR) is 84.5 cm³/mol. The standard InChI is InChI=1S/C14H19N3O2S2/c1-10-11(9-15)5-4-6-12(10)21(18,19)17-14(2,3)13-16-7-8-20-13/h4-8,17H,9,15H2,1-3H3. The van der Waals surface area contributed by atoms with E-state index in [9.17, 15) is 8.42 Å². The first-order valence-electron chi connectivity index (χ1n) is 6.50. The third kappa shape index (κ3) is 3.32. The van der Waals surface area contributed by atoms with Crippen LogP contribution in [-0.2, 0) is 22.1 Å². The number of nitrogens with one attached hydrogen (secondary N) is 1. The highest BCUT2D eigenvalue weighted by atomic mass is 32.2. The molecule has 0 aliphatic carbocycles. The molecule has 0 atom stereocenters. The maximum Gasteiger partial charge on any atom is 0.241 e. The van der Waals surface area contributed by atoms with E-state index in [1.165, 1.54) is 11.3 Å². The van der Waals surface area contributed by atoms with Crippen LogP contribution in [0.1, 0.15) is 30.0 Å². The summed E-state index contributed by atoms with van der Waals surface area (Å²) in [5.74, 6) is 0. The van der Waals surface area contributed by atoms with Crippen LogP contribution in [0.3, 0.4) is 0 Å². The van der Waals surface area contributed by atoms with Crippen molar-refractivity contribution in [2.45, 2.75) is 37.8 Å².